The van der Waals surface area contributed by atoms with Gasteiger partial charge in [0.15, 0.2) is 0 Å². The quantitative estimate of drug-likeness (QED) is 0.185. The van der Waals surface area contributed by atoms with E-state index < -0.39 is 22.7 Å². The number of hydrogen-bond donors (Lipinski definition) is 1. The van der Waals surface area contributed by atoms with Crippen LogP contribution in [0.15, 0.2) is 54.1 Å². The number of rotatable bonds is 9. The number of benzene rings is 2. The summed E-state index contributed by atoms with van der Waals surface area (Å²) in [5.74, 6) is -1.40. The van der Waals surface area contributed by atoms with Gasteiger partial charge in [-0.15, -0.1) is 0 Å². The molecule has 4 rings (SSSR count). The monoisotopic (exact) mass is 495 g/mol. The third-order valence-corrected chi connectivity index (χ3v) is 6.28. The Labute approximate surface area is 208 Å². The van der Waals surface area contributed by atoms with Crippen LogP contribution in [0.25, 0.3) is 5.76 Å². The number of morpholine rings is 1. The highest BCUT2D eigenvalue weighted by molar-refractivity contribution is 6.46. The minimum Gasteiger partial charge on any atom is -0.507 e. The first-order valence-electron chi connectivity index (χ1n) is 12.0. The number of nitrogens with zero attached hydrogens (tertiary/aromatic N) is 3. The van der Waals surface area contributed by atoms with Crippen LogP contribution in [0.1, 0.15) is 30.5 Å². The van der Waals surface area contributed by atoms with Crippen LogP contribution in [0, 0.1) is 10.1 Å². The molecule has 2 aromatic rings. The number of hydrogen-bond acceptors (Lipinski definition) is 8. The predicted molar refractivity (Wildman–Crippen MR) is 132 cm³/mol. The van der Waals surface area contributed by atoms with Crippen LogP contribution < -0.4 is 4.74 Å². The van der Waals surface area contributed by atoms with Crippen molar-refractivity contribution >= 4 is 23.1 Å². The summed E-state index contributed by atoms with van der Waals surface area (Å²) in [6.45, 7) is 5.76. The highest BCUT2D eigenvalue weighted by atomic mass is 16.6. The average molecular weight is 496 g/mol. The number of carbonyl (C=O) groups is 2. The number of nitro groups is 1. The van der Waals surface area contributed by atoms with Gasteiger partial charge in [0.2, 0.25) is 0 Å². The van der Waals surface area contributed by atoms with Gasteiger partial charge < -0.3 is 19.5 Å². The smallest absolute Gasteiger partial charge is 0.295 e. The van der Waals surface area contributed by atoms with Gasteiger partial charge in [-0.25, -0.2) is 0 Å². The van der Waals surface area contributed by atoms with Crippen molar-refractivity contribution in [2.24, 2.45) is 0 Å². The first-order chi connectivity index (χ1) is 17.4. The van der Waals surface area contributed by atoms with Crippen LogP contribution in [0.5, 0.6) is 5.75 Å². The van der Waals surface area contributed by atoms with Crippen LogP contribution in [0.2, 0.25) is 0 Å². The lowest BCUT2D eigenvalue weighted by molar-refractivity contribution is -0.384. The molecule has 2 heterocycles. The minimum atomic E-state index is -0.967. The molecule has 0 aromatic heterocycles. The molecular weight excluding hydrogens is 466 g/mol. The third-order valence-electron chi connectivity index (χ3n) is 6.28. The van der Waals surface area contributed by atoms with Gasteiger partial charge in [-0.2, -0.15) is 0 Å². The molecule has 0 bridgehead atoms. The molecule has 10 heteroatoms. The molecule has 1 amide bonds. The number of amides is 1. The summed E-state index contributed by atoms with van der Waals surface area (Å²) in [7, 11) is 0. The fourth-order valence-electron chi connectivity index (χ4n) is 4.45. The van der Waals surface area contributed by atoms with Crippen molar-refractivity contribution in [1.29, 1.82) is 0 Å². The third kappa shape index (κ3) is 5.39. The number of carbonyl (C=O) groups excluding carboxylic acids is 2. The van der Waals surface area contributed by atoms with Gasteiger partial charge in [-0.05, 0) is 24.1 Å². The summed E-state index contributed by atoms with van der Waals surface area (Å²) in [4.78, 5) is 40.8. The van der Waals surface area contributed by atoms with Gasteiger partial charge in [-0.3, -0.25) is 24.6 Å². The average Bonchev–Trinajstić information content (AvgIpc) is 3.16. The van der Waals surface area contributed by atoms with Crippen molar-refractivity contribution in [3.8, 4) is 5.75 Å². The molecule has 0 aliphatic carbocycles. The summed E-state index contributed by atoms with van der Waals surface area (Å²) in [5.41, 5.74) is 0.437. The molecule has 0 radical (unpaired) electrons. The van der Waals surface area contributed by atoms with Crippen molar-refractivity contribution in [2.75, 3.05) is 46.0 Å². The van der Waals surface area contributed by atoms with E-state index in [1.54, 1.807) is 30.3 Å². The zero-order chi connectivity index (χ0) is 25.7. The summed E-state index contributed by atoms with van der Waals surface area (Å²) in [6.07, 6.45) is 0.803. The number of non-ortho nitro benzene ring substituents is 1. The molecule has 2 fully saturated rings. The van der Waals surface area contributed by atoms with Gasteiger partial charge >= 0.3 is 0 Å². The van der Waals surface area contributed by atoms with Gasteiger partial charge in [-0.1, -0.05) is 31.2 Å². The molecule has 10 nitrogen and oxygen atoms in total. The summed E-state index contributed by atoms with van der Waals surface area (Å²) in [5, 5.41) is 22.7. The number of ether oxygens (including phenoxy) is 2. The summed E-state index contributed by atoms with van der Waals surface area (Å²) < 4.78 is 11.0. The maximum atomic E-state index is 13.2. The van der Waals surface area contributed by atoms with Gasteiger partial charge in [0.05, 0.1) is 36.4 Å². The van der Waals surface area contributed by atoms with E-state index in [1.165, 1.54) is 23.1 Å². The molecule has 2 aliphatic heterocycles. The fraction of sp³-hybridized carbons (Fsp3) is 0.385. The maximum Gasteiger partial charge on any atom is 0.295 e. The van der Waals surface area contributed by atoms with Crippen molar-refractivity contribution < 1.29 is 29.1 Å². The first-order valence-corrected chi connectivity index (χ1v) is 12.0. The predicted octanol–water partition coefficient (Wildman–Crippen LogP) is 3.14. The van der Waals surface area contributed by atoms with Crippen LogP contribution in [-0.2, 0) is 14.3 Å². The van der Waals surface area contributed by atoms with Crippen molar-refractivity contribution in [1.82, 2.24) is 9.80 Å². The molecule has 2 aromatic carbocycles. The molecule has 1 N–H and O–H groups in total. The van der Waals surface area contributed by atoms with E-state index in [9.17, 15) is 24.8 Å². The van der Waals surface area contributed by atoms with Crippen molar-refractivity contribution in [2.45, 2.75) is 19.4 Å². The second-order valence-corrected chi connectivity index (χ2v) is 8.67. The van der Waals surface area contributed by atoms with Gasteiger partial charge in [0.1, 0.15) is 11.5 Å². The number of nitro benzene ring substituents is 1. The van der Waals surface area contributed by atoms with Crippen molar-refractivity contribution in [3.05, 3.63) is 75.3 Å². The molecule has 2 aliphatic rings. The van der Waals surface area contributed by atoms with Gasteiger partial charge in [0, 0.05) is 43.9 Å². The molecule has 1 unspecified atom stereocenters. The summed E-state index contributed by atoms with van der Waals surface area (Å²) in [6, 6.07) is 11.5. The van der Waals surface area contributed by atoms with E-state index in [4.69, 9.17) is 9.47 Å². The number of likely N-dealkylation sites (tertiary alicyclic amines) is 1. The zero-order valence-electron chi connectivity index (χ0n) is 20.1. The number of ketones is 1. The molecule has 36 heavy (non-hydrogen) atoms. The Morgan fingerprint density at radius 3 is 2.61 bits per heavy atom. The number of aliphatic hydroxyl groups excluding tert-OH is 1. The van der Waals surface area contributed by atoms with E-state index in [0.717, 1.165) is 6.42 Å². The summed E-state index contributed by atoms with van der Waals surface area (Å²) >= 11 is 0. The minimum absolute atomic E-state index is 0.102. The van der Waals surface area contributed by atoms with Crippen LogP contribution >= 0.6 is 0 Å². The second-order valence-electron chi connectivity index (χ2n) is 8.67. The molecule has 0 spiro atoms. The first kappa shape index (κ1) is 25.3. The molecule has 2 saturated heterocycles. The zero-order valence-corrected chi connectivity index (χ0v) is 20.1. The Balaban J connectivity index is 1.75. The van der Waals surface area contributed by atoms with Crippen LogP contribution in [0.3, 0.4) is 0 Å². The number of aliphatic hydroxyl groups is 1. The van der Waals surface area contributed by atoms with E-state index >= 15 is 0 Å². The maximum absolute atomic E-state index is 13.2. The van der Waals surface area contributed by atoms with Crippen LogP contribution in [0.4, 0.5) is 5.69 Å². The lowest BCUT2D eigenvalue weighted by Gasteiger charge is -2.31. The van der Waals surface area contributed by atoms with Crippen molar-refractivity contribution in [3.63, 3.8) is 0 Å². The highest BCUT2D eigenvalue weighted by Crippen LogP contribution is 2.40. The fourth-order valence-corrected chi connectivity index (χ4v) is 4.45. The SMILES string of the molecule is CCCOc1cccc(/C(O)=C2\C(=O)C(=O)N(CCN3CCOCC3)C2c2cccc([N+](=O)[O-])c2)c1. The lowest BCUT2D eigenvalue weighted by Crippen LogP contribution is -2.42. The van der Waals surface area contributed by atoms with E-state index in [-0.39, 0.29) is 23.6 Å². The largest absolute Gasteiger partial charge is 0.507 e. The van der Waals surface area contributed by atoms with E-state index in [2.05, 4.69) is 4.90 Å². The highest BCUT2D eigenvalue weighted by Gasteiger charge is 2.46. The Hall–Kier alpha value is -3.76. The topological polar surface area (TPSA) is 122 Å². The van der Waals surface area contributed by atoms with Crippen LogP contribution in [-0.4, -0.2) is 77.5 Å². The second kappa shape index (κ2) is 11.3. The Bertz CT molecular complexity index is 1170. The van der Waals surface area contributed by atoms with Gasteiger partial charge in [0.25, 0.3) is 17.4 Å². The van der Waals surface area contributed by atoms with E-state index in [0.29, 0.717) is 56.3 Å². The molecular formula is C26H29N3O7. The Morgan fingerprint density at radius 2 is 1.89 bits per heavy atom. The van der Waals surface area contributed by atoms with E-state index in [1.807, 2.05) is 6.92 Å². The lowest BCUT2D eigenvalue weighted by atomic mass is 9.95. The standard InChI is InChI=1S/C26H29N3O7/c1-2-13-36-21-8-4-6-19(17-21)24(30)22-23(18-5-3-7-20(16-18)29(33)34)28(26(32)25(22)31)10-9-27-11-14-35-15-12-27/h3-8,16-17,23,30H,2,9-15H2,1H3/b24-22+. The Morgan fingerprint density at radius 1 is 1.14 bits per heavy atom. The number of Topliss-reactive ketones (excluding diaryl/α,β-unsaturated/α-hetero) is 1. The Kier molecular flexibility index (Phi) is 7.97. The molecule has 190 valence electrons. The molecule has 0 saturated carbocycles. The molecule has 1 atom stereocenters. The normalized spacial score (nSPS) is 20.0.